The minimum Gasteiger partial charge on any atom is -0.348 e. The van der Waals surface area contributed by atoms with Crippen molar-refractivity contribution in [2.75, 3.05) is 5.32 Å². The number of carbonyl (C=O) groups excluding carboxylic acids is 2. The van der Waals surface area contributed by atoms with Crippen molar-refractivity contribution in [2.24, 2.45) is 0 Å². The molecular formula is C21H20N4O2S. The van der Waals surface area contributed by atoms with Crippen LogP contribution in [0.3, 0.4) is 0 Å². The third-order valence-corrected chi connectivity index (χ3v) is 5.96. The van der Waals surface area contributed by atoms with E-state index in [2.05, 4.69) is 20.6 Å². The Balaban J connectivity index is 1.58. The number of amides is 2. The van der Waals surface area contributed by atoms with E-state index in [-0.39, 0.29) is 11.8 Å². The van der Waals surface area contributed by atoms with E-state index in [0.717, 1.165) is 36.8 Å². The number of rotatable bonds is 5. The first-order chi connectivity index (χ1) is 13.7. The van der Waals surface area contributed by atoms with Crippen LogP contribution in [0.5, 0.6) is 0 Å². The van der Waals surface area contributed by atoms with E-state index >= 15 is 0 Å². The van der Waals surface area contributed by atoms with Gasteiger partial charge in [0, 0.05) is 36.2 Å². The molecule has 0 radical (unpaired) electrons. The number of aryl methyl sites for hydroxylation is 1. The molecule has 3 aromatic heterocycles. The van der Waals surface area contributed by atoms with Gasteiger partial charge < -0.3 is 10.6 Å². The van der Waals surface area contributed by atoms with Gasteiger partial charge in [0.15, 0.2) is 0 Å². The third kappa shape index (κ3) is 3.94. The van der Waals surface area contributed by atoms with Gasteiger partial charge in [0.2, 0.25) is 0 Å². The highest BCUT2D eigenvalue weighted by atomic mass is 32.1. The van der Waals surface area contributed by atoms with Crippen LogP contribution < -0.4 is 10.6 Å². The van der Waals surface area contributed by atoms with Gasteiger partial charge in [0.1, 0.15) is 5.00 Å². The molecule has 0 bridgehead atoms. The Kier molecular flexibility index (Phi) is 5.43. The van der Waals surface area contributed by atoms with E-state index in [9.17, 15) is 9.59 Å². The van der Waals surface area contributed by atoms with Crippen molar-refractivity contribution >= 4 is 28.2 Å². The van der Waals surface area contributed by atoms with Gasteiger partial charge in [-0.2, -0.15) is 0 Å². The van der Waals surface area contributed by atoms with Crippen LogP contribution in [0.25, 0.3) is 0 Å². The van der Waals surface area contributed by atoms with Crippen molar-refractivity contribution in [1.29, 1.82) is 0 Å². The molecule has 3 aromatic rings. The molecule has 3 heterocycles. The van der Waals surface area contributed by atoms with Crippen molar-refractivity contribution in [1.82, 2.24) is 15.3 Å². The van der Waals surface area contributed by atoms with Gasteiger partial charge >= 0.3 is 0 Å². The number of aromatic nitrogens is 2. The fraction of sp³-hybridized carbons (Fsp3) is 0.238. The zero-order valence-electron chi connectivity index (χ0n) is 15.3. The molecule has 0 aliphatic heterocycles. The Morgan fingerprint density at radius 2 is 1.82 bits per heavy atom. The molecule has 6 nitrogen and oxygen atoms in total. The molecule has 2 N–H and O–H groups in total. The van der Waals surface area contributed by atoms with Gasteiger partial charge in [-0.1, -0.05) is 0 Å². The van der Waals surface area contributed by atoms with Gasteiger partial charge in [0.05, 0.1) is 11.1 Å². The normalized spacial score (nSPS) is 12.9. The van der Waals surface area contributed by atoms with E-state index in [1.165, 1.54) is 22.4 Å². The predicted octanol–water partition coefficient (Wildman–Crippen LogP) is 3.60. The lowest BCUT2D eigenvalue weighted by Crippen LogP contribution is -2.25. The molecule has 0 saturated carbocycles. The highest BCUT2D eigenvalue weighted by molar-refractivity contribution is 7.17. The predicted molar refractivity (Wildman–Crippen MR) is 109 cm³/mol. The summed E-state index contributed by atoms with van der Waals surface area (Å²) in [4.78, 5) is 34.8. The van der Waals surface area contributed by atoms with Crippen molar-refractivity contribution in [2.45, 2.75) is 32.2 Å². The standard InChI is InChI=1S/C21H20N4O2S/c26-19(15-4-3-9-23-13-15)25-21-18(16-5-1-2-6-17(16)28-21)20(27)24-12-14-7-10-22-11-8-14/h3-4,7-11,13H,1-2,5-6,12H2,(H,24,27)(H,25,26). The van der Waals surface area contributed by atoms with Crippen molar-refractivity contribution in [3.63, 3.8) is 0 Å². The quantitative estimate of drug-likeness (QED) is 0.695. The van der Waals surface area contributed by atoms with Crippen LogP contribution >= 0.6 is 11.3 Å². The number of pyridine rings is 2. The fourth-order valence-electron chi connectivity index (χ4n) is 3.34. The zero-order valence-corrected chi connectivity index (χ0v) is 16.1. The Labute approximate surface area is 167 Å². The van der Waals surface area contributed by atoms with E-state index in [4.69, 9.17) is 0 Å². The topological polar surface area (TPSA) is 84.0 Å². The van der Waals surface area contributed by atoms with E-state index in [0.29, 0.717) is 22.7 Å². The average molecular weight is 392 g/mol. The van der Waals surface area contributed by atoms with Crippen LogP contribution in [0.1, 0.15) is 49.6 Å². The molecular weight excluding hydrogens is 372 g/mol. The monoisotopic (exact) mass is 392 g/mol. The number of carbonyl (C=O) groups is 2. The summed E-state index contributed by atoms with van der Waals surface area (Å²) in [7, 11) is 0. The van der Waals surface area contributed by atoms with Gasteiger partial charge in [-0.25, -0.2) is 0 Å². The van der Waals surface area contributed by atoms with Crippen LogP contribution in [-0.2, 0) is 19.4 Å². The third-order valence-electron chi connectivity index (χ3n) is 4.75. The first kappa shape index (κ1) is 18.3. The number of anilines is 1. The summed E-state index contributed by atoms with van der Waals surface area (Å²) < 4.78 is 0. The number of thiophene rings is 1. The lowest BCUT2D eigenvalue weighted by Gasteiger charge is -2.13. The minimum atomic E-state index is -0.255. The highest BCUT2D eigenvalue weighted by Gasteiger charge is 2.26. The summed E-state index contributed by atoms with van der Waals surface area (Å²) in [5.74, 6) is -0.410. The molecule has 0 unspecified atom stereocenters. The second kappa shape index (κ2) is 8.31. The molecule has 4 rings (SSSR count). The lowest BCUT2D eigenvalue weighted by molar-refractivity contribution is 0.0951. The number of hydrogen-bond donors (Lipinski definition) is 2. The first-order valence-electron chi connectivity index (χ1n) is 9.25. The largest absolute Gasteiger partial charge is 0.348 e. The Hall–Kier alpha value is -3.06. The number of nitrogens with zero attached hydrogens (tertiary/aromatic N) is 2. The Morgan fingerprint density at radius 3 is 2.61 bits per heavy atom. The molecule has 142 valence electrons. The van der Waals surface area contributed by atoms with Gasteiger partial charge in [-0.3, -0.25) is 19.6 Å². The maximum absolute atomic E-state index is 13.0. The number of nitrogens with one attached hydrogen (secondary N) is 2. The van der Waals surface area contributed by atoms with Crippen molar-refractivity contribution in [3.8, 4) is 0 Å². The summed E-state index contributed by atoms with van der Waals surface area (Å²) in [6.07, 6.45) is 10.5. The summed E-state index contributed by atoms with van der Waals surface area (Å²) in [6.45, 7) is 0.419. The molecule has 0 fully saturated rings. The Morgan fingerprint density at radius 1 is 1.00 bits per heavy atom. The Bertz CT molecular complexity index is 986. The maximum Gasteiger partial charge on any atom is 0.257 e. The van der Waals surface area contributed by atoms with Crippen LogP contribution in [0.2, 0.25) is 0 Å². The van der Waals surface area contributed by atoms with Crippen LogP contribution in [0.15, 0.2) is 49.1 Å². The maximum atomic E-state index is 13.0. The molecule has 0 saturated heterocycles. The molecule has 1 aliphatic rings. The molecule has 2 amide bonds. The van der Waals surface area contributed by atoms with E-state index in [1.54, 1.807) is 30.7 Å². The molecule has 1 aliphatic carbocycles. The van der Waals surface area contributed by atoms with Crippen LogP contribution in [-0.4, -0.2) is 21.8 Å². The van der Waals surface area contributed by atoms with E-state index < -0.39 is 0 Å². The summed E-state index contributed by atoms with van der Waals surface area (Å²) >= 11 is 1.51. The van der Waals surface area contributed by atoms with Crippen LogP contribution in [0, 0.1) is 0 Å². The molecule has 28 heavy (non-hydrogen) atoms. The number of fused-ring (bicyclic) bond motifs is 1. The molecule has 0 aromatic carbocycles. The van der Waals surface area contributed by atoms with Gasteiger partial charge in [-0.15, -0.1) is 11.3 Å². The summed E-state index contributed by atoms with van der Waals surface area (Å²) in [5, 5.41) is 6.53. The second-order valence-electron chi connectivity index (χ2n) is 6.65. The van der Waals surface area contributed by atoms with Gasteiger partial charge in [-0.05, 0) is 61.1 Å². The van der Waals surface area contributed by atoms with Crippen molar-refractivity contribution < 1.29 is 9.59 Å². The molecule has 0 spiro atoms. The minimum absolute atomic E-state index is 0.155. The first-order valence-corrected chi connectivity index (χ1v) is 10.1. The molecule has 7 heteroatoms. The SMILES string of the molecule is O=C(Nc1sc2c(c1C(=O)NCc1ccncc1)CCCC2)c1cccnc1. The zero-order chi connectivity index (χ0) is 19.3. The summed E-state index contributed by atoms with van der Waals surface area (Å²) in [6, 6.07) is 7.17. The van der Waals surface area contributed by atoms with Crippen molar-refractivity contribution in [3.05, 3.63) is 76.2 Å². The average Bonchev–Trinajstić information content (AvgIpc) is 3.11. The summed E-state index contributed by atoms with van der Waals surface area (Å²) in [5.41, 5.74) is 3.13. The fourth-order valence-corrected chi connectivity index (χ4v) is 4.62. The van der Waals surface area contributed by atoms with Gasteiger partial charge in [0.25, 0.3) is 11.8 Å². The number of hydrogen-bond acceptors (Lipinski definition) is 5. The van der Waals surface area contributed by atoms with E-state index in [1.807, 2.05) is 12.1 Å². The second-order valence-corrected chi connectivity index (χ2v) is 7.75. The molecule has 0 atom stereocenters. The van der Waals surface area contributed by atoms with Crippen LogP contribution in [0.4, 0.5) is 5.00 Å². The lowest BCUT2D eigenvalue weighted by atomic mass is 9.95. The highest BCUT2D eigenvalue weighted by Crippen LogP contribution is 2.38. The smallest absolute Gasteiger partial charge is 0.257 e.